The average molecular weight is 415 g/mol. The van der Waals surface area contributed by atoms with Crippen molar-refractivity contribution >= 4 is 47.1 Å². The van der Waals surface area contributed by atoms with Crippen LogP contribution >= 0.6 is 23.2 Å². The van der Waals surface area contributed by atoms with Gasteiger partial charge < -0.3 is 10.6 Å². The highest BCUT2D eigenvalue weighted by molar-refractivity contribution is 6.35. The zero-order chi connectivity index (χ0) is 20.6. The van der Waals surface area contributed by atoms with Gasteiger partial charge in [-0.3, -0.25) is 19.8 Å². The summed E-state index contributed by atoms with van der Waals surface area (Å²) < 4.78 is 0. The van der Waals surface area contributed by atoms with Crippen LogP contribution in [0.1, 0.15) is 33.3 Å². The number of hydrogen-bond acceptors (Lipinski definition) is 4. The van der Waals surface area contributed by atoms with E-state index < -0.39 is 41.5 Å². The van der Waals surface area contributed by atoms with Crippen LogP contribution in [0.4, 0.5) is 9.59 Å². The van der Waals surface area contributed by atoms with Gasteiger partial charge in [0.15, 0.2) is 0 Å². The number of carbonyl (C=O) groups is 4. The molecule has 3 N–H and O–H groups in total. The molecule has 1 aliphatic rings. The fourth-order valence-corrected chi connectivity index (χ4v) is 3.20. The summed E-state index contributed by atoms with van der Waals surface area (Å²) in [6.45, 7) is 6.11. The number of hydrogen-bond donors (Lipinski definition) is 3. The van der Waals surface area contributed by atoms with Crippen molar-refractivity contribution in [2.24, 2.45) is 0 Å². The van der Waals surface area contributed by atoms with E-state index in [2.05, 4.69) is 16.0 Å². The van der Waals surface area contributed by atoms with Gasteiger partial charge in [-0.2, -0.15) is 0 Å². The lowest BCUT2D eigenvalue weighted by Crippen LogP contribution is -2.51. The molecule has 0 spiro atoms. The third-order valence-electron chi connectivity index (χ3n) is 3.79. The fourth-order valence-electron chi connectivity index (χ4n) is 2.60. The molecule has 1 atom stereocenters. The van der Waals surface area contributed by atoms with Gasteiger partial charge in [0.05, 0.1) is 0 Å². The zero-order valence-electron chi connectivity index (χ0n) is 15.3. The Morgan fingerprint density at radius 2 is 1.85 bits per heavy atom. The number of imide groups is 2. The summed E-state index contributed by atoms with van der Waals surface area (Å²) in [7, 11) is 0. The topological polar surface area (TPSA) is 108 Å². The number of rotatable bonds is 3. The van der Waals surface area contributed by atoms with Crippen molar-refractivity contribution < 1.29 is 19.2 Å². The lowest BCUT2D eigenvalue weighted by atomic mass is 9.92. The maximum atomic E-state index is 12.8. The van der Waals surface area contributed by atoms with Crippen LogP contribution in [0.5, 0.6) is 0 Å². The molecule has 0 radical (unpaired) electrons. The highest BCUT2D eigenvalue weighted by atomic mass is 35.5. The molecule has 1 aliphatic heterocycles. The van der Waals surface area contributed by atoms with Crippen molar-refractivity contribution in [2.45, 2.75) is 38.8 Å². The number of benzene rings is 1. The molecule has 0 saturated carbocycles. The van der Waals surface area contributed by atoms with Crippen LogP contribution in [-0.2, 0) is 15.1 Å². The summed E-state index contributed by atoms with van der Waals surface area (Å²) in [5, 5.41) is 7.75. The van der Waals surface area contributed by atoms with Crippen LogP contribution in [0.2, 0.25) is 10.0 Å². The van der Waals surface area contributed by atoms with Crippen LogP contribution in [0.3, 0.4) is 0 Å². The first kappa shape index (κ1) is 21.0. The highest BCUT2D eigenvalue weighted by Gasteiger charge is 2.50. The standard InChI is InChI=1S/C17H20Cl2N4O4/c1-16(2,3)21-14(26)20-12(24)8-23-13(25)17(4,22-15(23)27)10-6-5-9(18)7-11(10)19/h5-7H,8H2,1-4H3,(H,22,27)(H2,20,21,24,26). The monoisotopic (exact) mass is 414 g/mol. The minimum atomic E-state index is -1.45. The van der Waals surface area contributed by atoms with Gasteiger partial charge in [0.1, 0.15) is 12.1 Å². The number of carbonyl (C=O) groups excluding carboxylic acids is 4. The number of amides is 6. The molecular weight excluding hydrogens is 395 g/mol. The van der Waals surface area contributed by atoms with Crippen molar-refractivity contribution in [3.05, 3.63) is 33.8 Å². The molecular formula is C17H20Cl2N4O4. The van der Waals surface area contributed by atoms with Crippen LogP contribution in [0.25, 0.3) is 0 Å². The molecule has 1 aromatic carbocycles. The molecule has 27 heavy (non-hydrogen) atoms. The molecule has 1 aromatic rings. The number of halogens is 2. The zero-order valence-corrected chi connectivity index (χ0v) is 16.8. The third-order valence-corrected chi connectivity index (χ3v) is 4.34. The highest BCUT2D eigenvalue weighted by Crippen LogP contribution is 2.34. The minimum absolute atomic E-state index is 0.203. The lowest BCUT2D eigenvalue weighted by molar-refractivity contribution is -0.134. The molecule has 1 fully saturated rings. The Morgan fingerprint density at radius 1 is 1.22 bits per heavy atom. The van der Waals surface area contributed by atoms with E-state index >= 15 is 0 Å². The summed E-state index contributed by atoms with van der Waals surface area (Å²) in [4.78, 5) is 49.6. The molecule has 146 valence electrons. The Kier molecular flexibility index (Phi) is 5.72. The van der Waals surface area contributed by atoms with Crippen LogP contribution in [0.15, 0.2) is 18.2 Å². The normalized spacial score (nSPS) is 19.7. The van der Waals surface area contributed by atoms with Gasteiger partial charge in [0.2, 0.25) is 5.91 Å². The summed E-state index contributed by atoms with van der Waals surface area (Å²) in [5.74, 6) is -1.46. The summed E-state index contributed by atoms with van der Waals surface area (Å²) in [5.41, 5.74) is -1.65. The Bertz CT molecular complexity index is 822. The molecule has 8 nitrogen and oxygen atoms in total. The first-order valence-electron chi connectivity index (χ1n) is 8.05. The van der Waals surface area contributed by atoms with Crippen molar-refractivity contribution in [3.63, 3.8) is 0 Å². The van der Waals surface area contributed by atoms with E-state index in [4.69, 9.17) is 23.2 Å². The van der Waals surface area contributed by atoms with E-state index in [-0.39, 0.29) is 5.02 Å². The van der Waals surface area contributed by atoms with Crippen LogP contribution in [-0.4, -0.2) is 40.9 Å². The molecule has 6 amide bonds. The molecule has 0 aromatic heterocycles. The molecule has 2 rings (SSSR count). The molecule has 10 heteroatoms. The van der Waals surface area contributed by atoms with Gasteiger partial charge in [0, 0.05) is 21.1 Å². The summed E-state index contributed by atoms with van der Waals surface area (Å²) in [6.07, 6.45) is 0. The van der Waals surface area contributed by atoms with Crippen molar-refractivity contribution in [1.29, 1.82) is 0 Å². The first-order valence-corrected chi connectivity index (χ1v) is 8.81. The van der Waals surface area contributed by atoms with Gasteiger partial charge in [-0.1, -0.05) is 29.3 Å². The van der Waals surface area contributed by atoms with E-state index in [1.54, 1.807) is 26.8 Å². The van der Waals surface area contributed by atoms with Crippen molar-refractivity contribution in [1.82, 2.24) is 20.9 Å². The summed E-state index contributed by atoms with van der Waals surface area (Å²) in [6, 6.07) is 3.04. The van der Waals surface area contributed by atoms with E-state index in [1.807, 2.05) is 0 Å². The Balaban J connectivity index is 2.14. The second kappa shape index (κ2) is 7.36. The first-order chi connectivity index (χ1) is 12.3. The quantitative estimate of drug-likeness (QED) is 0.659. The predicted molar refractivity (Wildman–Crippen MR) is 100 cm³/mol. The van der Waals surface area contributed by atoms with E-state index in [9.17, 15) is 19.2 Å². The molecule has 1 heterocycles. The SMILES string of the molecule is CC(C)(C)NC(=O)NC(=O)CN1C(=O)NC(C)(c2ccc(Cl)cc2Cl)C1=O. The van der Waals surface area contributed by atoms with E-state index in [0.29, 0.717) is 10.6 Å². The Morgan fingerprint density at radius 3 is 2.41 bits per heavy atom. The average Bonchev–Trinajstić information content (AvgIpc) is 2.69. The van der Waals surface area contributed by atoms with Crippen LogP contribution in [0, 0.1) is 0 Å². The smallest absolute Gasteiger partial charge is 0.325 e. The largest absolute Gasteiger partial charge is 0.333 e. The predicted octanol–water partition coefficient (Wildman–Crippen LogP) is 2.38. The van der Waals surface area contributed by atoms with Crippen molar-refractivity contribution in [3.8, 4) is 0 Å². The minimum Gasteiger partial charge on any atom is -0.333 e. The van der Waals surface area contributed by atoms with Gasteiger partial charge in [-0.15, -0.1) is 0 Å². The van der Waals surface area contributed by atoms with Gasteiger partial charge in [-0.05, 0) is 39.8 Å². The number of nitrogens with one attached hydrogen (secondary N) is 3. The van der Waals surface area contributed by atoms with E-state index in [0.717, 1.165) is 4.90 Å². The lowest BCUT2D eigenvalue weighted by Gasteiger charge is -2.23. The van der Waals surface area contributed by atoms with Gasteiger partial charge in [0.25, 0.3) is 5.91 Å². The third kappa shape index (κ3) is 4.70. The van der Waals surface area contributed by atoms with Crippen LogP contribution < -0.4 is 16.0 Å². The summed E-state index contributed by atoms with van der Waals surface area (Å²) >= 11 is 12.0. The van der Waals surface area contributed by atoms with Gasteiger partial charge >= 0.3 is 12.1 Å². The van der Waals surface area contributed by atoms with Gasteiger partial charge in [-0.25, -0.2) is 9.59 Å². The van der Waals surface area contributed by atoms with Crippen molar-refractivity contribution in [2.75, 3.05) is 6.54 Å². The molecule has 1 saturated heterocycles. The Labute approximate surface area is 166 Å². The maximum Gasteiger partial charge on any atom is 0.325 e. The maximum absolute atomic E-state index is 12.8. The Hall–Kier alpha value is -2.32. The number of urea groups is 2. The van der Waals surface area contributed by atoms with E-state index in [1.165, 1.54) is 19.1 Å². The second-order valence-corrected chi connectivity index (χ2v) is 8.17. The second-order valence-electron chi connectivity index (χ2n) is 7.32. The molecule has 0 bridgehead atoms. The molecule has 1 unspecified atom stereocenters. The fraction of sp³-hybridized carbons (Fsp3) is 0.412. The number of nitrogens with zero attached hydrogens (tertiary/aromatic N) is 1. The molecule has 0 aliphatic carbocycles.